The molecular formula is C68H62Cl2N4O20. The molecule has 6 heterocycles. The Hall–Kier alpha value is -10.4. The van der Waals surface area contributed by atoms with E-state index in [-0.39, 0.29) is 121 Å². The summed E-state index contributed by atoms with van der Waals surface area (Å²) < 4.78 is 54.1. The van der Waals surface area contributed by atoms with E-state index in [4.69, 9.17) is 69.3 Å². The number of rotatable bonds is 26. The lowest BCUT2D eigenvalue weighted by Crippen LogP contribution is -2.31. The van der Waals surface area contributed by atoms with E-state index in [0.29, 0.717) is 76.4 Å². The number of pyridine rings is 2. The number of hydrogen-bond acceptors (Lipinski definition) is 20. The number of carbonyl (C=O) groups excluding carboxylic acids is 6. The molecule has 6 aromatic heterocycles. The van der Waals surface area contributed by atoms with Gasteiger partial charge < -0.3 is 65.2 Å². The number of benzene rings is 4. The first-order valence-electron chi connectivity index (χ1n) is 29.0. The van der Waals surface area contributed by atoms with Crippen molar-refractivity contribution in [3.05, 3.63) is 218 Å². The number of aryl methyl sites for hydroxylation is 2. The molecular weight excluding hydrogens is 1260 g/mol. The smallest absolute Gasteiger partial charge is 0.495 e. The third kappa shape index (κ3) is 15.7. The summed E-state index contributed by atoms with van der Waals surface area (Å²) in [6, 6.07) is 24.1. The molecule has 2 N–H and O–H groups in total. The standard InChI is InChI=1S/2C34H31ClN2O10/c2*1-18(38)23-7-6-22(35)14-24(23)25-15-32(40)37(16-30(25)44-4)28(9-10-43-3)29(39)12-20-5-8-26-21(11-20)13-27(36-26)33(41)45-17-31-19(2)46-34(42)47-31/h2*5-8,11,13-16,28,36H,9-10,12,17H2,1-4H3/t2*28-/m10/s1. The number of halogens is 2. The first-order valence-corrected chi connectivity index (χ1v) is 29.7. The molecule has 0 fully saturated rings. The molecule has 24 nitrogen and oxygen atoms in total. The van der Waals surface area contributed by atoms with Gasteiger partial charge in [0.15, 0.2) is 59.4 Å². The number of H-pyrrole nitrogens is 2. The first-order chi connectivity index (χ1) is 45.0. The van der Waals surface area contributed by atoms with Crippen molar-refractivity contribution >= 4 is 80.1 Å². The normalized spacial score (nSPS) is 11.9. The van der Waals surface area contributed by atoms with Gasteiger partial charge in [0.1, 0.15) is 22.9 Å². The second-order valence-corrected chi connectivity index (χ2v) is 22.5. The van der Waals surface area contributed by atoms with Gasteiger partial charge in [-0.25, -0.2) is 19.2 Å². The van der Waals surface area contributed by atoms with Crippen molar-refractivity contribution in [2.75, 3.05) is 41.7 Å². The van der Waals surface area contributed by atoms with Gasteiger partial charge in [-0.15, -0.1) is 0 Å². The average Bonchev–Trinajstić information content (AvgIpc) is 1.15. The van der Waals surface area contributed by atoms with Gasteiger partial charge >= 0.3 is 23.6 Å². The van der Waals surface area contributed by atoms with E-state index in [1.165, 1.54) is 89.8 Å². The van der Waals surface area contributed by atoms with Crippen LogP contribution in [0.25, 0.3) is 44.1 Å². The number of ketones is 4. The molecule has 0 amide bonds. The van der Waals surface area contributed by atoms with Crippen LogP contribution in [0.4, 0.5) is 0 Å². The summed E-state index contributed by atoms with van der Waals surface area (Å²) >= 11 is 12.5. The number of carbonyl (C=O) groups is 6. The van der Waals surface area contributed by atoms with Crippen LogP contribution >= 0.6 is 23.2 Å². The minimum absolute atomic E-state index is 0.0205. The highest BCUT2D eigenvalue weighted by atomic mass is 35.5. The summed E-state index contributed by atoms with van der Waals surface area (Å²) in [6.07, 6.45) is 3.31. The van der Waals surface area contributed by atoms with Crippen molar-refractivity contribution in [3.8, 4) is 33.8 Å². The molecule has 0 saturated carbocycles. The molecule has 0 aliphatic rings. The van der Waals surface area contributed by atoms with Crippen LogP contribution in [0, 0.1) is 13.8 Å². The summed E-state index contributed by atoms with van der Waals surface area (Å²) in [4.78, 5) is 133. The molecule has 10 aromatic rings. The quantitative estimate of drug-likeness (QED) is 0.0376. The third-order valence-corrected chi connectivity index (χ3v) is 15.8. The predicted molar refractivity (Wildman–Crippen MR) is 343 cm³/mol. The highest BCUT2D eigenvalue weighted by Crippen LogP contribution is 2.37. The van der Waals surface area contributed by atoms with Crippen molar-refractivity contribution in [1.82, 2.24) is 19.1 Å². The van der Waals surface area contributed by atoms with E-state index in [0.717, 1.165) is 0 Å². The lowest BCUT2D eigenvalue weighted by Gasteiger charge is -2.21. The number of methoxy groups -OCH3 is 4. The third-order valence-electron chi connectivity index (χ3n) is 15.3. The number of aromatic nitrogens is 4. The molecule has 0 radical (unpaired) electrons. The Bertz CT molecular complexity index is 4500. The maximum absolute atomic E-state index is 13.8. The van der Waals surface area contributed by atoms with Gasteiger partial charge in [0.05, 0.1) is 38.7 Å². The van der Waals surface area contributed by atoms with Crippen LogP contribution in [0.5, 0.6) is 11.5 Å². The van der Waals surface area contributed by atoms with E-state index >= 15 is 0 Å². The minimum Gasteiger partial charge on any atom is -0.495 e. The molecule has 10 rings (SSSR count). The van der Waals surface area contributed by atoms with Crippen LogP contribution in [-0.4, -0.2) is 95.8 Å². The molecule has 0 aliphatic carbocycles. The van der Waals surface area contributed by atoms with E-state index in [1.807, 2.05) is 0 Å². The lowest BCUT2D eigenvalue weighted by atomic mass is 9.96. The topological polar surface area (TPSA) is 320 Å². The fourth-order valence-electron chi connectivity index (χ4n) is 10.6. The van der Waals surface area contributed by atoms with Gasteiger partial charge in [0.25, 0.3) is 11.1 Å². The minimum atomic E-state index is -0.893. The molecule has 94 heavy (non-hydrogen) atoms. The van der Waals surface area contributed by atoms with Crippen molar-refractivity contribution in [3.63, 3.8) is 0 Å². The molecule has 0 saturated heterocycles. The molecule has 0 spiro atoms. The number of Topliss-reactive ketones (excluding diaryl/α,β-unsaturated/α-hetero) is 4. The fraction of sp³-hybridized carbons (Fsp3) is 0.265. The van der Waals surface area contributed by atoms with E-state index < -0.39 is 46.8 Å². The zero-order valence-corrected chi connectivity index (χ0v) is 53.5. The number of aromatic amines is 2. The number of hydrogen-bond donors (Lipinski definition) is 2. The number of nitrogens with one attached hydrogen (secondary N) is 2. The van der Waals surface area contributed by atoms with Gasteiger partial charge in [0, 0.05) is 107 Å². The van der Waals surface area contributed by atoms with Gasteiger partial charge in [0.2, 0.25) is 0 Å². The Morgan fingerprint density at radius 3 is 1.23 bits per heavy atom. The van der Waals surface area contributed by atoms with Gasteiger partial charge in [-0.3, -0.25) is 28.8 Å². The molecule has 0 aliphatic heterocycles. The van der Waals surface area contributed by atoms with Gasteiger partial charge in [-0.05, 0) is 136 Å². The summed E-state index contributed by atoms with van der Waals surface area (Å²) in [6.45, 7) is 5.74. The highest BCUT2D eigenvalue weighted by Gasteiger charge is 2.28. The molecule has 0 bridgehead atoms. The van der Waals surface area contributed by atoms with E-state index in [2.05, 4.69) is 9.97 Å². The largest absolute Gasteiger partial charge is 0.519 e. The summed E-state index contributed by atoms with van der Waals surface area (Å²) in [5.41, 5.74) is 4.33. The highest BCUT2D eigenvalue weighted by molar-refractivity contribution is 6.31. The zero-order chi connectivity index (χ0) is 67.7. The number of esters is 2. The van der Waals surface area contributed by atoms with Gasteiger partial charge in [-0.2, -0.15) is 0 Å². The Kier molecular flexibility index (Phi) is 21.6. The predicted octanol–water partition coefficient (Wildman–Crippen LogP) is 10.9. The molecule has 488 valence electrons. The molecule has 0 unspecified atom stereocenters. The Morgan fingerprint density at radius 1 is 0.500 bits per heavy atom. The van der Waals surface area contributed by atoms with Crippen molar-refractivity contribution < 1.29 is 74.9 Å². The zero-order valence-electron chi connectivity index (χ0n) is 52.0. The summed E-state index contributed by atoms with van der Waals surface area (Å²) in [7, 11) is 5.88. The van der Waals surface area contributed by atoms with Crippen LogP contribution in [0.3, 0.4) is 0 Å². The Balaban J connectivity index is 0.000000221. The maximum atomic E-state index is 13.8. The Morgan fingerprint density at radius 2 is 0.894 bits per heavy atom. The summed E-state index contributed by atoms with van der Waals surface area (Å²) in [5.74, 6) is -2.81. The maximum Gasteiger partial charge on any atom is 0.519 e. The van der Waals surface area contributed by atoms with E-state index in [9.17, 15) is 47.9 Å². The second kappa shape index (κ2) is 29.9. The monoisotopic (exact) mass is 1320 g/mol. The van der Waals surface area contributed by atoms with Crippen LogP contribution in [0.15, 0.2) is 146 Å². The number of fused-ring (bicyclic) bond motifs is 2. The number of ether oxygens (including phenoxy) is 6. The van der Waals surface area contributed by atoms with Crippen molar-refractivity contribution in [1.29, 1.82) is 0 Å². The summed E-state index contributed by atoms with van der Waals surface area (Å²) in [5, 5.41) is 2.08. The average molecular weight is 1330 g/mol. The lowest BCUT2D eigenvalue weighted by molar-refractivity contribution is -0.123. The van der Waals surface area contributed by atoms with Crippen LogP contribution < -0.4 is 32.2 Å². The SMILES string of the molecule is COCC[C@@H](C(=O)Cc1ccc2[nH]c(C(=O)OCc3oc(=O)oc3C)cc2c1)n1cc(OC)c(-c2cc(Cl)ccc2C(C)=O)cc1=O.COCC[C@H](C(=O)Cc1ccc2[nH]c(C(=O)OCc3oc(=O)oc3C)cc2c1)n1cc(OC)c(-c2cc(Cl)ccc2C(C)=O)cc1=O. The molecule has 2 atom stereocenters. The van der Waals surface area contributed by atoms with Crippen molar-refractivity contribution in [2.24, 2.45) is 0 Å². The van der Waals surface area contributed by atoms with Crippen LogP contribution in [0.1, 0.15) is 115 Å². The first kappa shape index (κ1) is 68.0. The fourth-order valence-corrected chi connectivity index (χ4v) is 11.0. The second-order valence-electron chi connectivity index (χ2n) is 21.6. The number of nitrogens with zero attached hydrogens (tertiary/aromatic N) is 2. The van der Waals surface area contributed by atoms with E-state index in [1.54, 1.807) is 84.9 Å². The van der Waals surface area contributed by atoms with Gasteiger partial charge in [-0.1, -0.05) is 35.3 Å². The van der Waals surface area contributed by atoms with Crippen LogP contribution in [0.2, 0.25) is 10.0 Å². The molecule has 4 aromatic carbocycles. The van der Waals surface area contributed by atoms with Crippen molar-refractivity contribution in [2.45, 2.75) is 78.7 Å². The Labute approximate surface area is 543 Å². The van der Waals surface area contributed by atoms with Crippen LogP contribution in [-0.2, 0) is 54.6 Å². The molecule has 26 heteroatoms.